The lowest BCUT2D eigenvalue weighted by Gasteiger charge is -2.07. The summed E-state index contributed by atoms with van der Waals surface area (Å²) in [6.07, 6.45) is 2.97. The van der Waals surface area contributed by atoms with Gasteiger partial charge in [0.1, 0.15) is 11.5 Å². The van der Waals surface area contributed by atoms with Crippen LogP contribution in [0.1, 0.15) is 16.2 Å². The van der Waals surface area contributed by atoms with E-state index < -0.39 is 0 Å². The Morgan fingerprint density at radius 2 is 2.10 bits per heavy atom. The highest BCUT2D eigenvalue weighted by Gasteiger charge is 2.14. The Balaban J connectivity index is 1.88. The van der Waals surface area contributed by atoms with Crippen LogP contribution in [0.4, 0.5) is 9.52 Å². The van der Waals surface area contributed by atoms with Gasteiger partial charge in [0, 0.05) is 11.1 Å². The van der Waals surface area contributed by atoms with Gasteiger partial charge < -0.3 is 0 Å². The van der Waals surface area contributed by atoms with Crippen molar-refractivity contribution in [2.24, 2.45) is 0 Å². The lowest BCUT2D eigenvalue weighted by molar-refractivity contribution is 0.102. The maximum absolute atomic E-state index is 13.0. The number of thiazole rings is 1. The van der Waals surface area contributed by atoms with E-state index in [4.69, 9.17) is 0 Å². The fourth-order valence-electron chi connectivity index (χ4n) is 1.84. The second-order valence-electron chi connectivity index (χ2n) is 4.37. The molecule has 0 bridgehead atoms. The summed E-state index contributed by atoms with van der Waals surface area (Å²) in [5, 5.41) is 5.11. The molecule has 2 heterocycles. The van der Waals surface area contributed by atoms with Crippen LogP contribution in [-0.4, -0.2) is 20.4 Å². The van der Waals surface area contributed by atoms with E-state index in [1.807, 2.05) is 12.3 Å². The number of rotatable bonds is 3. The summed E-state index contributed by atoms with van der Waals surface area (Å²) < 4.78 is 14.6. The van der Waals surface area contributed by atoms with Gasteiger partial charge in [0.25, 0.3) is 5.91 Å². The second-order valence-corrected chi connectivity index (χ2v) is 5.23. The van der Waals surface area contributed by atoms with Crippen molar-refractivity contribution in [1.29, 1.82) is 0 Å². The summed E-state index contributed by atoms with van der Waals surface area (Å²) in [6, 6.07) is 5.84. The molecular weight excluding hydrogens is 291 g/mol. The largest absolute Gasteiger partial charge is 0.296 e. The number of aromatic nitrogens is 3. The zero-order valence-electron chi connectivity index (χ0n) is 11.1. The van der Waals surface area contributed by atoms with E-state index in [0.29, 0.717) is 16.5 Å². The number of anilines is 1. The van der Waals surface area contributed by atoms with Crippen LogP contribution in [0, 0.1) is 12.7 Å². The molecular formula is C14H11FN4OS. The van der Waals surface area contributed by atoms with Crippen LogP contribution in [0.25, 0.3) is 5.69 Å². The molecule has 106 valence electrons. The lowest BCUT2D eigenvalue weighted by atomic mass is 10.3. The number of hydrogen-bond acceptors (Lipinski definition) is 4. The molecule has 0 aliphatic rings. The number of benzene rings is 1. The smallest absolute Gasteiger partial charge is 0.276 e. The van der Waals surface area contributed by atoms with Crippen molar-refractivity contribution in [3.05, 3.63) is 59.4 Å². The molecule has 0 unspecified atom stereocenters. The van der Waals surface area contributed by atoms with Gasteiger partial charge in [0.15, 0.2) is 5.13 Å². The van der Waals surface area contributed by atoms with Gasteiger partial charge in [-0.25, -0.2) is 14.4 Å². The van der Waals surface area contributed by atoms with Gasteiger partial charge in [0.2, 0.25) is 0 Å². The van der Waals surface area contributed by atoms with E-state index in [1.165, 1.54) is 36.0 Å². The van der Waals surface area contributed by atoms with Crippen molar-refractivity contribution in [3.63, 3.8) is 0 Å². The number of halogens is 1. The first kappa shape index (κ1) is 13.4. The average Bonchev–Trinajstić information content (AvgIpc) is 3.09. The molecule has 0 fully saturated rings. The number of aryl methyl sites for hydroxylation is 1. The molecule has 3 rings (SSSR count). The third-order valence-electron chi connectivity index (χ3n) is 2.82. The van der Waals surface area contributed by atoms with Crippen LogP contribution in [0.15, 0.2) is 42.2 Å². The van der Waals surface area contributed by atoms with E-state index in [1.54, 1.807) is 16.7 Å². The summed E-state index contributed by atoms with van der Waals surface area (Å²) in [5.74, 6) is -0.644. The molecule has 0 aliphatic carbocycles. The topological polar surface area (TPSA) is 59.8 Å². The quantitative estimate of drug-likeness (QED) is 0.809. The van der Waals surface area contributed by atoms with Gasteiger partial charge >= 0.3 is 0 Å². The fourth-order valence-corrected chi connectivity index (χ4v) is 2.53. The molecule has 1 N–H and O–H groups in total. The summed E-state index contributed by atoms with van der Waals surface area (Å²) in [7, 11) is 0. The number of nitrogens with one attached hydrogen (secondary N) is 1. The molecule has 0 saturated carbocycles. The average molecular weight is 302 g/mol. The predicted octanol–water partition coefficient (Wildman–Crippen LogP) is 3.03. The minimum atomic E-state index is -0.330. The maximum Gasteiger partial charge on any atom is 0.276 e. The van der Waals surface area contributed by atoms with Crippen molar-refractivity contribution in [3.8, 4) is 5.69 Å². The lowest BCUT2D eigenvalue weighted by Crippen LogP contribution is -2.16. The molecule has 0 radical (unpaired) electrons. The number of hydrogen-bond donors (Lipinski definition) is 1. The molecule has 2 aromatic heterocycles. The normalized spacial score (nSPS) is 10.6. The third kappa shape index (κ3) is 2.82. The zero-order valence-corrected chi connectivity index (χ0v) is 11.9. The number of nitrogens with zero attached hydrogens (tertiary/aromatic N) is 3. The van der Waals surface area contributed by atoms with E-state index in [2.05, 4.69) is 15.3 Å². The number of carbonyl (C=O) groups excluding carboxylic acids is 1. The minimum Gasteiger partial charge on any atom is -0.296 e. The monoisotopic (exact) mass is 302 g/mol. The van der Waals surface area contributed by atoms with Gasteiger partial charge in [-0.1, -0.05) is 0 Å². The van der Waals surface area contributed by atoms with Crippen LogP contribution in [-0.2, 0) is 0 Å². The Bertz CT molecular complexity index is 778. The van der Waals surface area contributed by atoms with Crippen molar-refractivity contribution in [1.82, 2.24) is 14.5 Å². The molecule has 0 saturated heterocycles. The van der Waals surface area contributed by atoms with E-state index in [9.17, 15) is 9.18 Å². The molecule has 3 aromatic rings. The van der Waals surface area contributed by atoms with E-state index in [0.717, 1.165) is 5.69 Å². The van der Waals surface area contributed by atoms with Gasteiger partial charge in [-0.2, -0.15) is 0 Å². The van der Waals surface area contributed by atoms with Crippen molar-refractivity contribution in [2.75, 3.05) is 5.32 Å². The number of imidazole rings is 1. The van der Waals surface area contributed by atoms with Crippen molar-refractivity contribution in [2.45, 2.75) is 6.92 Å². The van der Waals surface area contributed by atoms with Crippen LogP contribution >= 0.6 is 11.3 Å². The van der Waals surface area contributed by atoms with Crippen LogP contribution < -0.4 is 5.32 Å². The molecule has 7 heteroatoms. The Labute approximate surface area is 124 Å². The van der Waals surface area contributed by atoms with Gasteiger partial charge in [-0.3, -0.25) is 14.7 Å². The Kier molecular flexibility index (Phi) is 3.49. The van der Waals surface area contributed by atoms with Gasteiger partial charge in [0.05, 0.1) is 18.2 Å². The summed E-state index contributed by atoms with van der Waals surface area (Å²) >= 11 is 1.36. The Hall–Kier alpha value is -2.54. The summed E-state index contributed by atoms with van der Waals surface area (Å²) in [5.41, 5.74) is 1.87. The standard InChI is InChI=1S/C14H11FN4OS/c1-9-7-21-14(17-9)18-13(20)12-6-16-8-19(12)11-4-2-10(15)3-5-11/h2-8H,1H3,(H,17,18,20). The summed E-state index contributed by atoms with van der Waals surface area (Å²) in [4.78, 5) is 20.4. The maximum atomic E-state index is 13.0. The number of amides is 1. The van der Waals surface area contributed by atoms with E-state index >= 15 is 0 Å². The zero-order chi connectivity index (χ0) is 14.8. The minimum absolute atomic E-state index is 0.314. The highest BCUT2D eigenvalue weighted by atomic mass is 32.1. The number of carbonyl (C=O) groups is 1. The molecule has 0 atom stereocenters. The molecule has 0 spiro atoms. The first-order valence-electron chi connectivity index (χ1n) is 6.15. The van der Waals surface area contributed by atoms with E-state index in [-0.39, 0.29) is 11.7 Å². The fraction of sp³-hybridized carbons (Fsp3) is 0.0714. The Morgan fingerprint density at radius 1 is 1.33 bits per heavy atom. The molecule has 0 aliphatic heterocycles. The Morgan fingerprint density at radius 3 is 2.76 bits per heavy atom. The molecule has 5 nitrogen and oxygen atoms in total. The SMILES string of the molecule is Cc1csc(NC(=O)c2cncn2-c2ccc(F)cc2)n1. The first-order valence-corrected chi connectivity index (χ1v) is 7.03. The van der Waals surface area contributed by atoms with Crippen LogP contribution in [0.3, 0.4) is 0 Å². The first-order chi connectivity index (χ1) is 10.1. The second kappa shape index (κ2) is 5.45. The van der Waals surface area contributed by atoms with Crippen molar-refractivity contribution >= 4 is 22.4 Å². The highest BCUT2D eigenvalue weighted by Crippen LogP contribution is 2.17. The van der Waals surface area contributed by atoms with Crippen LogP contribution in [0.5, 0.6) is 0 Å². The van der Waals surface area contributed by atoms with Gasteiger partial charge in [-0.15, -0.1) is 11.3 Å². The molecule has 1 amide bonds. The predicted molar refractivity (Wildman–Crippen MR) is 78.3 cm³/mol. The summed E-state index contributed by atoms with van der Waals surface area (Å²) in [6.45, 7) is 1.86. The van der Waals surface area contributed by atoms with Crippen LogP contribution in [0.2, 0.25) is 0 Å². The molecule has 1 aromatic carbocycles. The molecule has 21 heavy (non-hydrogen) atoms. The van der Waals surface area contributed by atoms with Gasteiger partial charge in [-0.05, 0) is 31.2 Å². The van der Waals surface area contributed by atoms with Crippen molar-refractivity contribution < 1.29 is 9.18 Å². The highest BCUT2D eigenvalue weighted by molar-refractivity contribution is 7.13. The third-order valence-corrected chi connectivity index (χ3v) is 3.69.